The van der Waals surface area contributed by atoms with Crippen LogP contribution in [0.4, 0.5) is 11.4 Å². The molecule has 27 heavy (non-hydrogen) atoms. The van der Waals surface area contributed by atoms with Gasteiger partial charge in [0.15, 0.2) is 6.61 Å². The van der Waals surface area contributed by atoms with Gasteiger partial charge in [-0.3, -0.25) is 9.59 Å². The number of amides is 2. The molecular formula is C19H20N2O6. The molecule has 0 aromatic heterocycles. The van der Waals surface area contributed by atoms with E-state index in [2.05, 4.69) is 10.6 Å². The van der Waals surface area contributed by atoms with E-state index in [1.807, 2.05) is 0 Å². The lowest BCUT2D eigenvalue weighted by Crippen LogP contribution is -2.21. The maximum atomic E-state index is 12.1. The molecule has 8 heteroatoms. The number of benzene rings is 2. The molecule has 0 atom stereocenters. The molecule has 0 aliphatic carbocycles. The number of carbonyl (C=O) groups is 3. The van der Waals surface area contributed by atoms with Crippen LogP contribution in [0.5, 0.6) is 11.5 Å². The molecule has 0 spiro atoms. The molecule has 8 nitrogen and oxygen atoms in total. The molecule has 2 rings (SSSR count). The average Bonchev–Trinajstić information content (AvgIpc) is 2.66. The molecule has 0 fully saturated rings. The predicted molar refractivity (Wildman–Crippen MR) is 99.2 cm³/mol. The summed E-state index contributed by atoms with van der Waals surface area (Å²) in [6, 6.07) is 11.1. The van der Waals surface area contributed by atoms with Crippen LogP contribution in [0.1, 0.15) is 17.3 Å². The van der Waals surface area contributed by atoms with Crippen LogP contribution in [0.2, 0.25) is 0 Å². The number of methoxy groups -OCH3 is 2. The van der Waals surface area contributed by atoms with Crippen LogP contribution < -0.4 is 20.1 Å². The van der Waals surface area contributed by atoms with Crippen molar-refractivity contribution in [2.45, 2.75) is 6.92 Å². The quantitative estimate of drug-likeness (QED) is 0.724. The van der Waals surface area contributed by atoms with E-state index in [0.29, 0.717) is 28.4 Å². The maximum Gasteiger partial charge on any atom is 0.338 e. The molecule has 0 aliphatic heterocycles. The Morgan fingerprint density at radius 2 is 1.63 bits per heavy atom. The van der Waals surface area contributed by atoms with Gasteiger partial charge in [-0.15, -0.1) is 0 Å². The van der Waals surface area contributed by atoms with Crippen molar-refractivity contribution in [1.82, 2.24) is 0 Å². The topological polar surface area (TPSA) is 103 Å². The van der Waals surface area contributed by atoms with Gasteiger partial charge in [-0.1, -0.05) is 0 Å². The third-order valence-electron chi connectivity index (χ3n) is 3.45. The fourth-order valence-electron chi connectivity index (χ4n) is 2.21. The van der Waals surface area contributed by atoms with Gasteiger partial charge in [0, 0.05) is 12.6 Å². The molecular weight excluding hydrogens is 352 g/mol. The van der Waals surface area contributed by atoms with E-state index in [1.54, 1.807) is 42.5 Å². The molecule has 2 aromatic rings. The van der Waals surface area contributed by atoms with Gasteiger partial charge in [-0.05, 0) is 42.5 Å². The van der Waals surface area contributed by atoms with Gasteiger partial charge in [0.05, 0.1) is 25.5 Å². The zero-order valence-electron chi connectivity index (χ0n) is 15.2. The highest BCUT2D eigenvalue weighted by Crippen LogP contribution is 2.27. The molecule has 0 saturated carbocycles. The summed E-state index contributed by atoms with van der Waals surface area (Å²) in [7, 11) is 2.97. The Labute approximate surface area is 156 Å². The fourth-order valence-corrected chi connectivity index (χ4v) is 2.21. The molecule has 0 unspecified atom stereocenters. The SMILES string of the molecule is COc1ccc(C(=O)OCC(=O)Nc2cc(NC(C)=O)ccc2OC)cc1. The summed E-state index contributed by atoms with van der Waals surface area (Å²) in [5.41, 5.74) is 1.14. The third-order valence-corrected chi connectivity index (χ3v) is 3.45. The molecule has 0 bridgehead atoms. The summed E-state index contributed by atoms with van der Waals surface area (Å²) in [4.78, 5) is 35.2. The molecule has 2 amide bonds. The van der Waals surface area contributed by atoms with Crippen LogP contribution in [0.25, 0.3) is 0 Å². The van der Waals surface area contributed by atoms with E-state index < -0.39 is 18.5 Å². The minimum atomic E-state index is -0.633. The van der Waals surface area contributed by atoms with Crippen molar-refractivity contribution in [2.24, 2.45) is 0 Å². The first-order chi connectivity index (χ1) is 12.9. The number of esters is 1. The van der Waals surface area contributed by atoms with Crippen molar-refractivity contribution < 1.29 is 28.6 Å². The third kappa shape index (κ3) is 5.74. The number of carbonyl (C=O) groups excluding carboxylic acids is 3. The van der Waals surface area contributed by atoms with E-state index >= 15 is 0 Å². The smallest absolute Gasteiger partial charge is 0.338 e. The van der Waals surface area contributed by atoms with Gasteiger partial charge in [0.1, 0.15) is 11.5 Å². The highest BCUT2D eigenvalue weighted by Gasteiger charge is 2.13. The van der Waals surface area contributed by atoms with E-state index in [0.717, 1.165) is 0 Å². The van der Waals surface area contributed by atoms with Crippen LogP contribution in [-0.2, 0) is 14.3 Å². The van der Waals surface area contributed by atoms with Gasteiger partial charge in [0.2, 0.25) is 5.91 Å². The number of ether oxygens (including phenoxy) is 3. The first-order valence-electron chi connectivity index (χ1n) is 7.99. The van der Waals surface area contributed by atoms with Gasteiger partial charge in [0.25, 0.3) is 5.91 Å². The van der Waals surface area contributed by atoms with Crippen LogP contribution in [0, 0.1) is 0 Å². The molecule has 2 N–H and O–H groups in total. The summed E-state index contributed by atoms with van der Waals surface area (Å²) in [6.07, 6.45) is 0. The highest BCUT2D eigenvalue weighted by atomic mass is 16.5. The van der Waals surface area contributed by atoms with Gasteiger partial charge in [-0.25, -0.2) is 4.79 Å². The van der Waals surface area contributed by atoms with Gasteiger partial charge >= 0.3 is 5.97 Å². The Morgan fingerprint density at radius 3 is 2.22 bits per heavy atom. The second-order valence-corrected chi connectivity index (χ2v) is 5.45. The lowest BCUT2D eigenvalue weighted by atomic mass is 10.2. The zero-order valence-corrected chi connectivity index (χ0v) is 15.2. The minimum Gasteiger partial charge on any atom is -0.497 e. The van der Waals surface area contributed by atoms with Crippen molar-refractivity contribution >= 4 is 29.2 Å². The second-order valence-electron chi connectivity index (χ2n) is 5.45. The Kier molecular flexibility index (Phi) is 6.76. The molecule has 142 valence electrons. The van der Waals surface area contributed by atoms with E-state index in [-0.39, 0.29) is 5.91 Å². The van der Waals surface area contributed by atoms with E-state index in [1.165, 1.54) is 21.1 Å². The molecule has 0 saturated heterocycles. The first kappa shape index (κ1) is 19.8. The van der Waals surface area contributed by atoms with Gasteiger partial charge in [-0.2, -0.15) is 0 Å². The summed E-state index contributed by atoms with van der Waals surface area (Å²) in [5.74, 6) is -0.415. The monoisotopic (exact) mass is 372 g/mol. The van der Waals surface area contributed by atoms with Crippen molar-refractivity contribution in [3.63, 3.8) is 0 Å². The van der Waals surface area contributed by atoms with Crippen LogP contribution in [-0.4, -0.2) is 38.6 Å². The Hall–Kier alpha value is -3.55. The van der Waals surface area contributed by atoms with Crippen molar-refractivity contribution in [1.29, 1.82) is 0 Å². The van der Waals surface area contributed by atoms with Crippen molar-refractivity contribution in [3.8, 4) is 11.5 Å². The van der Waals surface area contributed by atoms with Crippen molar-refractivity contribution in [3.05, 3.63) is 48.0 Å². The van der Waals surface area contributed by atoms with E-state index in [9.17, 15) is 14.4 Å². The standard InChI is InChI=1S/C19H20N2O6/c1-12(22)20-14-6-9-17(26-3)16(10-14)21-18(23)11-27-19(24)13-4-7-15(25-2)8-5-13/h4-10H,11H2,1-3H3,(H,20,22)(H,21,23). The number of anilines is 2. The lowest BCUT2D eigenvalue weighted by Gasteiger charge is -2.12. The van der Waals surface area contributed by atoms with Crippen LogP contribution >= 0.6 is 0 Å². The minimum absolute atomic E-state index is 0.245. The number of nitrogens with one attached hydrogen (secondary N) is 2. The molecule has 0 heterocycles. The Balaban J connectivity index is 1.98. The Morgan fingerprint density at radius 1 is 0.926 bits per heavy atom. The molecule has 0 radical (unpaired) electrons. The van der Waals surface area contributed by atoms with Crippen LogP contribution in [0.15, 0.2) is 42.5 Å². The van der Waals surface area contributed by atoms with Crippen LogP contribution in [0.3, 0.4) is 0 Å². The second kappa shape index (κ2) is 9.23. The zero-order chi connectivity index (χ0) is 19.8. The lowest BCUT2D eigenvalue weighted by molar-refractivity contribution is -0.119. The van der Waals surface area contributed by atoms with Gasteiger partial charge < -0.3 is 24.8 Å². The fraction of sp³-hybridized carbons (Fsp3) is 0.211. The average molecular weight is 372 g/mol. The predicted octanol–water partition coefficient (Wildman–Crippen LogP) is 2.46. The highest BCUT2D eigenvalue weighted by molar-refractivity contribution is 5.97. The number of hydrogen-bond donors (Lipinski definition) is 2. The maximum absolute atomic E-state index is 12.1. The van der Waals surface area contributed by atoms with Crippen molar-refractivity contribution in [2.75, 3.05) is 31.5 Å². The van der Waals surface area contributed by atoms with E-state index in [4.69, 9.17) is 14.2 Å². The first-order valence-corrected chi connectivity index (χ1v) is 7.99. The summed E-state index contributed by atoms with van der Waals surface area (Å²) in [5, 5.41) is 5.20. The summed E-state index contributed by atoms with van der Waals surface area (Å²) in [6.45, 7) is 0.902. The molecule has 0 aliphatic rings. The molecule has 2 aromatic carbocycles. The summed E-state index contributed by atoms with van der Waals surface area (Å²) >= 11 is 0. The normalized spacial score (nSPS) is 9.89. The Bertz CT molecular complexity index is 833. The number of hydrogen-bond acceptors (Lipinski definition) is 6. The summed E-state index contributed by atoms with van der Waals surface area (Å²) < 4.78 is 15.2. The largest absolute Gasteiger partial charge is 0.497 e. The number of rotatable bonds is 7.